The van der Waals surface area contributed by atoms with Crippen LogP contribution in [0.25, 0.3) is 0 Å². The highest BCUT2D eigenvalue weighted by Crippen LogP contribution is 2.15. The third-order valence-corrected chi connectivity index (χ3v) is 5.10. The maximum Gasteiger partial charge on any atom is 0.272 e. The molecule has 1 aliphatic rings. The van der Waals surface area contributed by atoms with E-state index >= 15 is 0 Å². The molecule has 7 heteroatoms. The highest BCUT2D eigenvalue weighted by molar-refractivity contribution is 9.10. The molecule has 0 radical (unpaired) electrons. The van der Waals surface area contributed by atoms with Gasteiger partial charge in [-0.2, -0.15) is 0 Å². The Hall–Kier alpha value is -0.950. The van der Waals surface area contributed by atoms with Crippen LogP contribution in [0.4, 0.5) is 0 Å². The molecule has 0 aromatic carbocycles. The van der Waals surface area contributed by atoms with Gasteiger partial charge in [0, 0.05) is 12.6 Å². The smallest absolute Gasteiger partial charge is 0.272 e. The Labute approximate surface area is 114 Å². The summed E-state index contributed by atoms with van der Waals surface area (Å²) in [5.41, 5.74) is 0.329. The topological polar surface area (TPSA) is 67.3 Å². The summed E-state index contributed by atoms with van der Waals surface area (Å²) in [5.74, 6) is -0.178. The number of rotatable bonds is 1. The van der Waals surface area contributed by atoms with Crippen molar-refractivity contribution in [1.82, 2.24) is 9.88 Å². The first-order valence-electron chi connectivity index (χ1n) is 5.53. The van der Waals surface area contributed by atoms with E-state index in [-0.39, 0.29) is 30.0 Å². The van der Waals surface area contributed by atoms with Crippen molar-refractivity contribution in [3.63, 3.8) is 0 Å². The van der Waals surface area contributed by atoms with Gasteiger partial charge in [0.1, 0.15) is 10.3 Å². The summed E-state index contributed by atoms with van der Waals surface area (Å²) in [7, 11) is -3.01. The fraction of sp³-hybridized carbons (Fsp3) is 0.455. The number of nitrogens with zero attached hydrogens (tertiary/aromatic N) is 2. The maximum atomic E-state index is 12.2. The number of aromatic nitrogens is 1. The number of carbonyl (C=O) groups is 1. The predicted octanol–water partition coefficient (Wildman–Crippen LogP) is 1.10. The average Bonchev–Trinajstić information content (AvgIpc) is 2.27. The maximum absolute atomic E-state index is 12.2. The molecule has 1 aliphatic heterocycles. The van der Waals surface area contributed by atoms with Crippen LogP contribution in [-0.2, 0) is 9.84 Å². The molecule has 1 aromatic heterocycles. The Morgan fingerprint density at radius 3 is 2.83 bits per heavy atom. The predicted molar refractivity (Wildman–Crippen MR) is 71.1 cm³/mol. The van der Waals surface area contributed by atoms with Crippen LogP contribution in [-0.4, -0.2) is 48.3 Å². The van der Waals surface area contributed by atoms with Gasteiger partial charge in [-0.1, -0.05) is 6.07 Å². The van der Waals surface area contributed by atoms with Crippen LogP contribution >= 0.6 is 15.9 Å². The van der Waals surface area contributed by atoms with Crippen LogP contribution in [0.15, 0.2) is 22.8 Å². The molecule has 5 nitrogen and oxygen atoms in total. The molecule has 1 unspecified atom stereocenters. The van der Waals surface area contributed by atoms with Crippen molar-refractivity contribution in [3.05, 3.63) is 28.5 Å². The molecule has 0 N–H and O–H groups in total. The average molecular weight is 333 g/mol. The van der Waals surface area contributed by atoms with Crippen molar-refractivity contribution < 1.29 is 13.2 Å². The van der Waals surface area contributed by atoms with E-state index in [1.54, 1.807) is 30.0 Å². The molecule has 0 aliphatic carbocycles. The molecule has 2 heterocycles. The number of sulfone groups is 1. The first kappa shape index (κ1) is 13.5. The Balaban J connectivity index is 2.20. The molecular formula is C11H13BrN2O3S. The second kappa shape index (κ2) is 4.97. The van der Waals surface area contributed by atoms with Gasteiger partial charge >= 0.3 is 0 Å². The largest absolute Gasteiger partial charge is 0.333 e. The minimum absolute atomic E-state index is 0.0206. The Kier molecular flexibility index (Phi) is 3.72. The highest BCUT2D eigenvalue weighted by Gasteiger charge is 2.32. The van der Waals surface area contributed by atoms with Crippen LogP contribution in [0.3, 0.4) is 0 Å². The Morgan fingerprint density at radius 2 is 2.22 bits per heavy atom. The van der Waals surface area contributed by atoms with Gasteiger partial charge in [-0.15, -0.1) is 0 Å². The molecule has 1 aromatic rings. The first-order chi connectivity index (χ1) is 8.39. The second-order valence-electron chi connectivity index (χ2n) is 4.31. The summed E-state index contributed by atoms with van der Waals surface area (Å²) in [4.78, 5) is 17.9. The minimum Gasteiger partial charge on any atom is -0.333 e. The van der Waals surface area contributed by atoms with Gasteiger partial charge in [-0.25, -0.2) is 13.4 Å². The summed E-state index contributed by atoms with van der Waals surface area (Å²) in [5, 5.41) is 0. The van der Waals surface area contributed by atoms with E-state index in [1.165, 1.54) is 0 Å². The van der Waals surface area contributed by atoms with Crippen LogP contribution in [0.2, 0.25) is 0 Å². The summed E-state index contributed by atoms with van der Waals surface area (Å²) >= 11 is 3.21. The zero-order valence-electron chi connectivity index (χ0n) is 9.84. The van der Waals surface area contributed by atoms with E-state index in [2.05, 4.69) is 20.9 Å². The summed E-state index contributed by atoms with van der Waals surface area (Å²) in [6, 6.07) is 4.79. The molecular weight excluding hydrogens is 320 g/mol. The fourth-order valence-electron chi connectivity index (χ4n) is 1.97. The zero-order chi connectivity index (χ0) is 13.3. The third kappa shape index (κ3) is 2.89. The number of hydrogen-bond donors (Lipinski definition) is 0. The molecule has 1 saturated heterocycles. The lowest BCUT2D eigenvalue weighted by molar-refractivity contribution is 0.0706. The highest BCUT2D eigenvalue weighted by atomic mass is 79.9. The standard InChI is InChI=1S/C11H13BrN2O3S/c1-8-7-18(16,17)6-5-14(8)11(15)9-3-2-4-10(12)13-9/h2-4,8H,5-7H2,1H3. The van der Waals surface area contributed by atoms with Crippen molar-refractivity contribution in [3.8, 4) is 0 Å². The molecule has 1 atom stereocenters. The number of amides is 1. The number of carbonyl (C=O) groups excluding carboxylic acids is 1. The van der Waals surface area contributed by atoms with E-state index in [9.17, 15) is 13.2 Å². The lowest BCUT2D eigenvalue weighted by Gasteiger charge is -2.32. The molecule has 2 rings (SSSR count). The van der Waals surface area contributed by atoms with Crippen molar-refractivity contribution in [2.24, 2.45) is 0 Å². The summed E-state index contributed by atoms with van der Waals surface area (Å²) in [6.45, 7) is 1.98. The van der Waals surface area contributed by atoms with Gasteiger partial charge < -0.3 is 4.90 Å². The Bertz CT molecular complexity index is 573. The van der Waals surface area contributed by atoms with E-state index < -0.39 is 9.84 Å². The van der Waals surface area contributed by atoms with Gasteiger partial charge in [0.15, 0.2) is 9.84 Å². The van der Waals surface area contributed by atoms with Gasteiger partial charge in [-0.3, -0.25) is 4.79 Å². The number of hydrogen-bond acceptors (Lipinski definition) is 4. The molecule has 98 valence electrons. The second-order valence-corrected chi connectivity index (χ2v) is 7.35. The van der Waals surface area contributed by atoms with E-state index in [0.29, 0.717) is 10.3 Å². The third-order valence-electron chi connectivity index (χ3n) is 2.87. The summed E-state index contributed by atoms with van der Waals surface area (Å²) in [6.07, 6.45) is 0. The fourth-order valence-corrected chi connectivity index (χ4v) is 3.87. The van der Waals surface area contributed by atoms with E-state index in [4.69, 9.17) is 0 Å². The molecule has 1 fully saturated rings. The lowest BCUT2D eigenvalue weighted by Crippen LogP contribution is -2.49. The SMILES string of the molecule is CC1CS(=O)(=O)CCN1C(=O)c1cccc(Br)n1. The van der Waals surface area contributed by atoms with E-state index in [1.807, 2.05) is 0 Å². The van der Waals surface area contributed by atoms with Crippen LogP contribution in [0.5, 0.6) is 0 Å². The van der Waals surface area contributed by atoms with Gasteiger partial charge in [-0.05, 0) is 35.0 Å². The molecule has 1 amide bonds. The minimum atomic E-state index is -3.01. The van der Waals surface area contributed by atoms with Crippen molar-refractivity contribution >= 4 is 31.7 Å². The van der Waals surface area contributed by atoms with Crippen molar-refractivity contribution in [1.29, 1.82) is 0 Å². The van der Waals surface area contributed by atoms with Crippen LogP contribution in [0, 0.1) is 0 Å². The normalized spacial score (nSPS) is 22.8. The Morgan fingerprint density at radius 1 is 1.50 bits per heavy atom. The monoisotopic (exact) mass is 332 g/mol. The van der Waals surface area contributed by atoms with Gasteiger partial charge in [0.2, 0.25) is 0 Å². The van der Waals surface area contributed by atoms with Crippen molar-refractivity contribution in [2.45, 2.75) is 13.0 Å². The zero-order valence-corrected chi connectivity index (χ0v) is 12.2. The molecule has 0 spiro atoms. The van der Waals surface area contributed by atoms with Crippen molar-refractivity contribution in [2.75, 3.05) is 18.1 Å². The number of halogens is 1. The van der Waals surface area contributed by atoms with Gasteiger partial charge in [0.25, 0.3) is 5.91 Å². The van der Waals surface area contributed by atoms with Crippen LogP contribution < -0.4 is 0 Å². The lowest BCUT2D eigenvalue weighted by atomic mass is 10.2. The van der Waals surface area contributed by atoms with Crippen LogP contribution in [0.1, 0.15) is 17.4 Å². The first-order valence-corrected chi connectivity index (χ1v) is 8.14. The summed E-state index contributed by atoms with van der Waals surface area (Å²) < 4.78 is 23.5. The quantitative estimate of drug-likeness (QED) is 0.722. The molecule has 0 bridgehead atoms. The molecule has 0 saturated carbocycles. The van der Waals surface area contributed by atoms with Gasteiger partial charge in [0.05, 0.1) is 11.5 Å². The van der Waals surface area contributed by atoms with E-state index in [0.717, 1.165) is 0 Å². The number of pyridine rings is 1. The molecule has 18 heavy (non-hydrogen) atoms.